The van der Waals surface area contributed by atoms with Gasteiger partial charge in [-0.3, -0.25) is 4.79 Å². The second-order valence-electron chi connectivity index (χ2n) is 9.72. The van der Waals surface area contributed by atoms with Crippen LogP contribution in [0.25, 0.3) is 0 Å². The van der Waals surface area contributed by atoms with Crippen LogP contribution in [-0.2, 0) is 19.2 Å². The standard InChI is InChI=1S/C23H38N2O4SSi/c1-8-25(30(27,28)21-11-9-18(2)10-12-21)14-13-24-17-19-15-20(16-22(19)26)29-31(6,7)23(3,4)5/h9-12,15,20,24H,8,13-14,16-17H2,1-7H3/t20-/m0/s1. The molecule has 0 bridgehead atoms. The Balaban J connectivity index is 1.90. The molecule has 2 rings (SSSR count). The van der Waals surface area contributed by atoms with Crippen molar-refractivity contribution in [2.24, 2.45) is 0 Å². The fourth-order valence-corrected chi connectivity index (χ4v) is 5.92. The largest absolute Gasteiger partial charge is 0.410 e. The molecule has 1 aliphatic carbocycles. The van der Waals surface area contributed by atoms with E-state index in [4.69, 9.17) is 4.43 Å². The van der Waals surface area contributed by atoms with Crippen molar-refractivity contribution in [2.45, 2.75) is 70.2 Å². The van der Waals surface area contributed by atoms with Crippen LogP contribution in [0.1, 0.15) is 39.7 Å². The average Bonchev–Trinajstić information content (AvgIpc) is 2.99. The van der Waals surface area contributed by atoms with Crippen LogP contribution in [0.2, 0.25) is 18.1 Å². The summed E-state index contributed by atoms with van der Waals surface area (Å²) in [4.78, 5) is 12.7. The third-order valence-corrected chi connectivity index (χ3v) is 12.7. The molecule has 174 valence electrons. The summed E-state index contributed by atoms with van der Waals surface area (Å²) in [5.41, 5.74) is 1.75. The van der Waals surface area contributed by atoms with Gasteiger partial charge in [-0.2, -0.15) is 4.31 Å². The first-order valence-corrected chi connectivity index (χ1v) is 15.3. The number of benzene rings is 1. The van der Waals surface area contributed by atoms with Crippen LogP contribution >= 0.6 is 0 Å². The van der Waals surface area contributed by atoms with Crippen LogP contribution in [-0.4, -0.2) is 59.1 Å². The van der Waals surface area contributed by atoms with E-state index in [0.717, 1.165) is 11.1 Å². The van der Waals surface area contributed by atoms with E-state index in [-0.39, 0.29) is 16.9 Å². The van der Waals surface area contributed by atoms with Crippen LogP contribution in [0.15, 0.2) is 40.8 Å². The number of hydrogen-bond donors (Lipinski definition) is 1. The zero-order valence-corrected chi connectivity index (χ0v) is 21.8. The Morgan fingerprint density at radius 2 is 1.81 bits per heavy atom. The smallest absolute Gasteiger partial charge is 0.243 e. The van der Waals surface area contributed by atoms with Gasteiger partial charge in [-0.15, -0.1) is 0 Å². The van der Waals surface area contributed by atoms with Crippen LogP contribution < -0.4 is 5.32 Å². The number of hydrogen-bond acceptors (Lipinski definition) is 5. The molecule has 0 fully saturated rings. The molecule has 0 aliphatic heterocycles. The predicted molar refractivity (Wildman–Crippen MR) is 128 cm³/mol. The summed E-state index contributed by atoms with van der Waals surface area (Å²) in [6.45, 7) is 16.3. The van der Waals surface area contributed by atoms with E-state index in [1.165, 1.54) is 4.31 Å². The zero-order chi connectivity index (χ0) is 23.4. The third kappa shape index (κ3) is 6.58. The van der Waals surface area contributed by atoms with Gasteiger partial charge in [-0.1, -0.05) is 45.4 Å². The summed E-state index contributed by atoms with van der Waals surface area (Å²) in [6.07, 6.45) is 2.18. The molecule has 1 aromatic rings. The van der Waals surface area contributed by atoms with Crippen molar-refractivity contribution in [3.05, 3.63) is 41.5 Å². The number of carbonyl (C=O) groups is 1. The molecule has 1 N–H and O–H groups in total. The van der Waals surface area contributed by atoms with Crippen LogP contribution in [0.5, 0.6) is 0 Å². The van der Waals surface area contributed by atoms with Crippen molar-refractivity contribution in [2.75, 3.05) is 26.2 Å². The number of rotatable bonds is 10. The maximum atomic E-state index is 12.9. The number of aryl methyl sites for hydroxylation is 1. The molecule has 8 heteroatoms. The fourth-order valence-electron chi connectivity index (χ4n) is 3.21. The Morgan fingerprint density at radius 1 is 1.19 bits per heavy atom. The SMILES string of the molecule is CCN(CCNCC1=C[C@H](O[Si](C)(C)C(C)(C)C)CC1=O)S(=O)(=O)c1ccc(C)cc1. The highest BCUT2D eigenvalue weighted by Crippen LogP contribution is 2.38. The molecule has 0 saturated carbocycles. The van der Waals surface area contributed by atoms with Gasteiger partial charge in [-0.05, 0) is 43.3 Å². The number of sulfonamides is 1. The lowest BCUT2D eigenvalue weighted by molar-refractivity contribution is -0.115. The molecule has 1 aromatic carbocycles. The van der Waals surface area contributed by atoms with Crippen molar-refractivity contribution < 1.29 is 17.6 Å². The predicted octanol–water partition coefficient (Wildman–Crippen LogP) is 3.88. The van der Waals surface area contributed by atoms with E-state index in [2.05, 4.69) is 39.2 Å². The van der Waals surface area contributed by atoms with Gasteiger partial charge in [0.25, 0.3) is 0 Å². The molecule has 1 atom stereocenters. The molecule has 0 amide bonds. The minimum atomic E-state index is -3.52. The summed E-state index contributed by atoms with van der Waals surface area (Å²) in [5, 5.41) is 3.32. The Hall–Kier alpha value is -1.32. The molecule has 1 aliphatic rings. The minimum Gasteiger partial charge on any atom is -0.410 e. The third-order valence-electron chi connectivity index (χ3n) is 6.25. The van der Waals surface area contributed by atoms with Crippen molar-refractivity contribution >= 4 is 24.1 Å². The maximum absolute atomic E-state index is 12.9. The van der Waals surface area contributed by atoms with Crippen molar-refractivity contribution in [3.63, 3.8) is 0 Å². The first-order valence-electron chi connectivity index (χ1n) is 11.0. The quantitative estimate of drug-likeness (QED) is 0.418. The number of nitrogens with zero attached hydrogens (tertiary/aromatic N) is 1. The lowest BCUT2D eigenvalue weighted by Gasteiger charge is -2.37. The molecule has 0 unspecified atom stereocenters. The molecule has 31 heavy (non-hydrogen) atoms. The van der Waals surface area contributed by atoms with E-state index in [1.54, 1.807) is 24.3 Å². The molecule has 0 radical (unpaired) electrons. The highest BCUT2D eigenvalue weighted by atomic mass is 32.2. The minimum absolute atomic E-state index is 0.0947. The number of likely N-dealkylation sites (N-methyl/N-ethyl adjacent to an activating group) is 1. The lowest BCUT2D eigenvalue weighted by Crippen LogP contribution is -2.43. The molecule has 6 nitrogen and oxygen atoms in total. The Morgan fingerprint density at radius 3 is 2.35 bits per heavy atom. The number of nitrogens with one attached hydrogen (secondary N) is 1. The maximum Gasteiger partial charge on any atom is 0.243 e. The Labute approximate surface area is 189 Å². The van der Waals surface area contributed by atoms with Crippen LogP contribution in [0.3, 0.4) is 0 Å². The average molecular weight is 467 g/mol. The van der Waals surface area contributed by atoms with Crippen molar-refractivity contribution in [3.8, 4) is 0 Å². The van der Waals surface area contributed by atoms with Gasteiger partial charge in [-0.25, -0.2) is 8.42 Å². The van der Waals surface area contributed by atoms with Crippen LogP contribution in [0.4, 0.5) is 0 Å². The number of ketones is 1. The number of Topliss-reactive ketones (excluding diaryl/α,β-unsaturated/α-hetero) is 1. The Bertz CT molecular complexity index is 902. The van der Waals surface area contributed by atoms with Crippen molar-refractivity contribution in [1.82, 2.24) is 9.62 Å². The molecule has 0 heterocycles. The summed E-state index contributed by atoms with van der Waals surface area (Å²) < 4.78 is 33.5. The van der Waals surface area contributed by atoms with Gasteiger partial charge in [0.1, 0.15) is 0 Å². The second-order valence-corrected chi connectivity index (χ2v) is 16.4. The fraction of sp³-hybridized carbons (Fsp3) is 0.609. The first kappa shape index (κ1) is 25.9. The molecular formula is C23H38N2O4SSi. The van der Waals surface area contributed by atoms with Gasteiger partial charge in [0.2, 0.25) is 10.0 Å². The van der Waals surface area contributed by atoms with Crippen LogP contribution in [0, 0.1) is 6.92 Å². The highest BCUT2D eigenvalue weighted by Gasteiger charge is 2.40. The monoisotopic (exact) mass is 466 g/mol. The summed E-state index contributed by atoms with van der Waals surface area (Å²) >= 11 is 0. The number of carbonyl (C=O) groups excluding carboxylic acids is 1. The first-order chi connectivity index (χ1) is 14.3. The zero-order valence-electron chi connectivity index (χ0n) is 20.0. The summed E-state index contributed by atoms with van der Waals surface area (Å²) in [7, 11) is -5.46. The normalized spacial score (nSPS) is 18.0. The molecule has 0 spiro atoms. The van der Waals surface area contributed by atoms with Gasteiger partial charge < -0.3 is 9.74 Å². The topological polar surface area (TPSA) is 75.7 Å². The molecular weight excluding hydrogens is 428 g/mol. The highest BCUT2D eigenvalue weighted by molar-refractivity contribution is 7.89. The van der Waals surface area contributed by atoms with Crippen molar-refractivity contribution in [1.29, 1.82) is 0 Å². The summed E-state index contributed by atoms with van der Waals surface area (Å²) in [6, 6.07) is 6.90. The van der Waals surface area contributed by atoms with Gasteiger partial charge in [0.15, 0.2) is 14.1 Å². The van der Waals surface area contributed by atoms with E-state index < -0.39 is 18.3 Å². The molecule has 0 saturated heterocycles. The van der Waals surface area contributed by atoms with E-state index >= 15 is 0 Å². The van der Waals surface area contributed by atoms with Gasteiger partial charge in [0, 0.05) is 38.2 Å². The van der Waals surface area contributed by atoms with Gasteiger partial charge in [0.05, 0.1) is 11.0 Å². The van der Waals surface area contributed by atoms with E-state index in [1.807, 2.05) is 19.9 Å². The van der Waals surface area contributed by atoms with Gasteiger partial charge >= 0.3 is 0 Å². The lowest BCUT2D eigenvalue weighted by atomic mass is 10.2. The van der Waals surface area contributed by atoms with E-state index in [0.29, 0.717) is 37.5 Å². The summed E-state index contributed by atoms with van der Waals surface area (Å²) in [5.74, 6) is 0.107. The molecule has 0 aromatic heterocycles. The van der Waals surface area contributed by atoms with E-state index in [9.17, 15) is 13.2 Å². The second kappa shape index (κ2) is 10.1. The Kier molecular flexibility index (Phi) is 8.43.